The van der Waals surface area contributed by atoms with Crippen molar-refractivity contribution in [1.82, 2.24) is 6.15 Å². The lowest BCUT2D eigenvalue weighted by molar-refractivity contribution is 0.103. The van der Waals surface area contributed by atoms with Crippen molar-refractivity contribution in [1.29, 1.82) is 0 Å². The van der Waals surface area contributed by atoms with Crippen LogP contribution in [0.1, 0.15) is 20.8 Å². The normalized spacial score (nSPS) is 14.6. The van der Waals surface area contributed by atoms with Crippen molar-refractivity contribution in [3.05, 3.63) is 6.92 Å². The molecule has 0 bridgehead atoms. The molecular weight excluding hydrogens is 102 g/mol. The summed E-state index contributed by atoms with van der Waals surface area (Å²) < 4.78 is 0. The van der Waals surface area contributed by atoms with Crippen LogP contribution in [0.15, 0.2) is 0 Å². The predicted octanol–water partition coefficient (Wildman–Crippen LogP) is 1.39. The third-order valence-electron chi connectivity index (χ3n) is 1.000. The summed E-state index contributed by atoms with van der Waals surface area (Å²) in [6, 6.07) is 0. The molecule has 4 N–H and O–H groups in total. The van der Waals surface area contributed by atoms with Gasteiger partial charge in [-0.3, -0.25) is 0 Å². The number of rotatable bonds is 0. The fourth-order valence-electron chi connectivity index (χ4n) is 0. The molecule has 51 valence electrons. The molecule has 8 heavy (non-hydrogen) atoms. The van der Waals surface area contributed by atoms with Crippen molar-refractivity contribution in [2.75, 3.05) is 0 Å². The van der Waals surface area contributed by atoms with Gasteiger partial charge in [-0.25, -0.2) is 0 Å². The molecule has 0 saturated heterocycles. The Morgan fingerprint density at radius 3 is 1.50 bits per heavy atom. The summed E-state index contributed by atoms with van der Waals surface area (Å²) in [6.45, 7) is 9.31. The molecule has 0 heterocycles. The van der Waals surface area contributed by atoms with E-state index in [2.05, 4.69) is 6.92 Å². The van der Waals surface area contributed by atoms with Crippen molar-refractivity contribution < 1.29 is 5.11 Å². The Labute approximate surface area is 51.5 Å². The summed E-state index contributed by atoms with van der Waals surface area (Å²) in [5.74, 6) is 0. The molecule has 0 saturated carbocycles. The molecule has 0 spiro atoms. The maximum atomic E-state index is 8.78. The van der Waals surface area contributed by atoms with Crippen LogP contribution < -0.4 is 6.15 Å². The second-order valence-corrected chi connectivity index (χ2v) is 2.88. The molecule has 0 aromatic heterocycles. The highest BCUT2D eigenvalue weighted by Gasteiger charge is 2.15. The molecule has 2 heteroatoms. The van der Waals surface area contributed by atoms with Gasteiger partial charge >= 0.3 is 0 Å². The quantitative estimate of drug-likeness (QED) is 0.505. The number of hydrogen-bond donors (Lipinski definition) is 2. The monoisotopic (exact) mass is 118 g/mol. The third kappa shape index (κ3) is 4.09. The second-order valence-electron chi connectivity index (χ2n) is 2.88. The Bertz CT molecular complexity index is 54.0. The van der Waals surface area contributed by atoms with Crippen LogP contribution in [0.3, 0.4) is 0 Å². The highest BCUT2D eigenvalue weighted by atomic mass is 16.3. The lowest BCUT2D eigenvalue weighted by Crippen LogP contribution is -2.22. The average molecular weight is 118 g/mol. The van der Waals surface area contributed by atoms with Crippen molar-refractivity contribution in [3.63, 3.8) is 0 Å². The zero-order valence-electron chi connectivity index (χ0n) is 5.94. The minimum atomic E-state index is -0.451. The van der Waals surface area contributed by atoms with Gasteiger partial charge in [-0.1, -0.05) is 20.8 Å². The van der Waals surface area contributed by atoms with E-state index in [4.69, 9.17) is 5.11 Å². The molecule has 0 aliphatic heterocycles. The fourth-order valence-corrected chi connectivity index (χ4v) is 0. The molecule has 0 fully saturated rings. The van der Waals surface area contributed by atoms with E-state index in [0.717, 1.165) is 0 Å². The van der Waals surface area contributed by atoms with Crippen molar-refractivity contribution in [2.45, 2.75) is 26.9 Å². The predicted molar refractivity (Wildman–Crippen MR) is 35.8 cm³/mol. The highest BCUT2D eigenvalue weighted by molar-refractivity contribution is 4.73. The van der Waals surface area contributed by atoms with E-state index in [9.17, 15) is 0 Å². The van der Waals surface area contributed by atoms with Gasteiger partial charge in [0.05, 0.1) is 6.10 Å². The first kappa shape index (κ1) is 10.8. The Morgan fingerprint density at radius 1 is 1.38 bits per heavy atom. The van der Waals surface area contributed by atoms with Crippen LogP contribution in [0.5, 0.6) is 0 Å². The first-order valence-electron chi connectivity index (χ1n) is 2.46. The first-order chi connectivity index (χ1) is 2.94. The van der Waals surface area contributed by atoms with E-state index >= 15 is 0 Å². The van der Waals surface area contributed by atoms with Crippen molar-refractivity contribution >= 4 is 0 Å². The Kier molecular flexibility index (Phi) is 4.12. The molecule has 1 unspecified atom stereocenters. The minimum Gasteiger partial charge on any atom is -0.393 e. The topological polar surface area (TPSA) is 55.2 Å². The SMILES string of the molecule is N.[CH2]C(O)C(C)(C)C. The molecule has 0 aliphatic carbocycles. The number of aliphatic hydroxyl groups is 1. The van der Waals surface area contributed by atoms with E-state index in [1.807, 2.05) is 20.8 Å². The number of hydrogen-bond acceptors (Lipinski definition) is 2. The van der Waals surface area contributed by atoms with Crippen LogP contribution in [0.2, 0.25) is 0 Å². The Hall–Kier alpha value is -0.0800. The molecular formula is C6H16NO. The minimum absolute atomic E-state index is 0. The van der Waals surface area contributed by atoms with Gasteiger partial charge in [0.25, 0.3) is 0 Å². The van der Waals surface area contributed by atoms with Crippen LogP contribution in [-0.2, 0) is 0 Å². The Morgan fingerprint density at radius 2 is 1.50 bits per heavy atom. The van der Waals surface area contributed by atoms with E-state index in [-0.39, 0.29) is 11.6 Å². The molecule has 0 amide bonds. The summed E-state index contributed by atoms with van der Waals surface area (Å²) in [5, 5.41) is 8.78. The van der Waals surface area contributed by atoms with Gasteiger partial charge in [-0.15, -0.1) is 0 Å². The zero-order chi connectivity index (χ0) is 6.08. The average Bonchev–Trinajstić information content (AvgIpc) is 1.31. The smallest absolute Gasteiger partial charge is 0.0589 e. The fraction of sp³-hybridized carbons (Fsp3) is 0.833. The summed E-state index contributed by atoms with van der Waals surface area (Å²) >= 11 is 0. The molecule has 1 radical (unpaired) electrons. The van der Waals surface area contributed by atoms with Gasteiger partial charge in [0.15, 0.2) is 0 Å². The molecule has 0 aliphatic rings. The highest BCUT2D eigenvalue weighted by Crippen LogP contribution is 2.17. The van der Waals surface area contributed by atoms with Crippen molar-refractivity contribution in [2.24, 2.45) is 5.41 Å². The largest absolute Gasteiger partial charge is 0.393 e. The molecule has 1 atom stereocenters. The van der Waals surface area contributed by atoms with Crippen LogP contribution in [0.4, 0.5) is 0 Å². The Balaban J connectivity index is 0. The molecule has 0 aromatic rings. The van der Waals surface area contributed by atoms with E-state index < -0.39 is 6.10 Å². The summed E-state index contributed by atoms with van der Waals surface area (Å²) in [6.07, 6.45) is -0.451. The van der Waals surface area contributed by atoms with Gasteiger partial charge in [-0.05, 0) is 12.3 Å². The third-order valence-corrected chi connectivity index (χ3v) is 1.000. The van der Waals surface area contributed by atoms with Gasteiger partial charge in [-0.2, -0.15) is 0 Å². The van der Waals surface area contributed by atoms with Gasteiger partial charge in [0, 0.05) is 0 Å². The summed E-state index contributed by atoms with van der Waals surface area (Å²) in [7, 11) is 0. The standard InChI is InChI=1S/C6H13O.H3N/c1-5(7)6(2,3)4;/h5,7H,1H2,2-4H3;1H3. The van der Waals surface area contributed by atoms with Crippen LogP contribution >= 0.6 is 0 Å². The second kappa shape index (κ2) is 3.05. The molecule has 0 rings (SSSR count). The molecule has 0 aromatic carbocycles. The van der Waals surface area contributed by atoms with E-state index in [0.29, 0.717) is 0 Å². The summed E-state index contributed by atoms with van der Waals surface area (Å²) in [5.41, 5.74) is -0.0556. The van der Waals surface area contributed by atoms with Crippen molar-refractivity contribution in [3.8, 4) is 0 Å². The maximum absolute atomic E-state index is 8.78. The lowest BCUT2D eigenvalue weighted by atomic mass is 9.91. The number of aliphatic hydroxyl groups excluding tert-OH is 1. The van der Waals surface area contributed by atoms with Gasteiger partial charge in [0.1, 0.15) is 0 Å². The summed E-state index contributed by atoms with van der Waals surface area (Å²) in [4.78, 5) is 0. The molecule has 2 nitrogen and oxygen atoms in total. The van der Waals surface area contributed by atoms with Gasteiger partial charge in [0.2, 0.25) is 0 Å². The lowest BCUT2D eigenvalue weighted by Gasteiger charge is -2.20. The van der Waals surface area contributed by atoms with E-state index in [1.54, 1.807) is 0 Å². The van der Waals surface area contributed by atoms with Crippen LogP contribution in [-0.4, -0.2) is 11.2 Å². The maximum Gasteiger partial charge on any atom is 0.0589 e. The van der Waals surface area contributed by atoms with Crippen LogP contribution in [0, 0.1) is 12.3 Å². The first-order valence-corrected chi connectivity index (χ1v) is 2.46. The van der Waals surface area contributed by atoms with Crippen LogP contribution in [0.25, 0.3) is 0 Å². The van der Waals surface area contributed by atoms with E-state index in [1.165, 1.54) is 0 Å². The van der Waals surface area contributed by atoms with Gasteiger partial charge < -0.3 is 11.3 Å². The zero-order valence-corrected chi connectivity index (χ0v) is 5.94.